The zero-order valence-electron chi connectivity index (χ0n) is 12.8. The second kappa shape index (κ2) is 7.01. The number of rotatable bonds is 7. The topological polar surface area (TPSA) is 52.7 Å². The number of carbonyl (C=O) groups is 2. The molecule has 0 aromatic carbocycles. The van der Waals surface area contributed by atoms with Crippen LogP contribution in [0.2, 0.25) is 0 Å². The Morgan fingerprint density at radius 1 is 1.37 bits per heavy atom. The highest BCUT2D eigenvalue weighted by Gasteiger charge is 2.40. The minimum absolute atomic E-state index is 0.00476. The molecule has 1 N–H and O–H groups in total. The highest BCUT2D eigenvalue weighted by atomic mass is 16.2. The number of likely N-dealkylation sites (N-methyl/N-ethyl adjacent to an activating group) is 1. The van der Waals surface area contributed by atoms with E-state index >= 15 is 0 Å². The fraction of sp³-hybridized carbons (Fsp3) is 0.857. The molecule has 19 heavy (non-hydrogen) atoms. The number of amides is 2. The summed E-state index contributed by atoms with van der Waals surface area (Å²) < 4.78 is 0. The predicted octanol–water partition coefficient (Wildman–Crippen LogP) is 0.842. The van der Waals surface area contributed by atoms with Crippen molar-refractivity contribution in [3.63, 3.8) is 0 Å². The second-order valence-electron chi connectivity index (χ2n) is 5.64. The molecule has 2 atom stereocenters. The van der Waals surface area contributed by atoms with Crippen LogP contribution in [0.3, 0.4) is 0 Å². The van der Waals surface area contributed by atoms with Crippen LogP contribution in [0.4, 0.5) is 0 Å². The Bertz CT molecular complexity index is 331. The smallest absolute Gasteiger partial charge is 0.247 e. The van der Waals surface area contributed by atoms with E-state index in [-0.39, 0.29) is 23.9 Å². The lowest BCUT2D eigenvalue weighted by atomic mass is 10.2. The van der Waals surface area contributed by atoms with Gasteiger partial charge in [0.05, 0.1) is 12.5 Å². The fourth-order valence-corrected chi connectivity index (χ4v) is 2.13. The van der Waals surface area contributed by atoms with E-state index in [2.05, 4.69) is 31.1 Å². The van der Waals surface area contributed by atoms with Crippen molar-refractivity contribution in [2.45, 2.75) is 58.7 Å². The highest BCUT2D eigenvalue weighted by Crippen LogP contribution is 2.17. The highest BCUT2D eigenvalue weighted by molar-refractivity contribution is 6.05. The Labute approximate surface area is 116 Å². The summed E-state index contributed by atoms with van der Waals surface area (Å²) >= 11 is 0. The van der Waals surface area contributed by atoms with E-state index in [0.717, 1.165) is 19.5 Å². The number of nitrogens with zero attached hydrogens (tertiary/aromatic N) is 2. The van der Waals surface area contributed by atoms with E-state index in [0.29, 0.717) is 12.5 Å². The van der Waals surface area contributed by atoms with Gasteiger partial charge in [-0.05, 0) is 34.2 Å². The SMILES string of the molecule is CCC(C)N1C(=O)CC(NCCN(C)C(C)C)C1=O. The maximum absolute atomic E-state index is 12.2. The van der Waals surface area contributed by atoms with E-state index in [9.17, 15) is 9.59 Å². The van der Waals surface area contributed by atoms with Crippen molar-refractivity contribution in [3.8, 4) is 0 Å². The van der Waals surface area contributed by atoms with Gasteiger partial charge in [0.15, 0.2) is 0 Å². The molecule has 0 radical (unpaired) electrons. The van der Waals surface area contributed by atoms with E-state index in [1.54, 1.807) is 0 Å². The summed E-state index contributed by atoms with van der Waals surface area (Å²) in [6.07, 6.45) is 1.11. The molecule has 0 saturated carbocycles. The average molecular weight is 269 g/mol. The van der Waals surface area contributed by atoms with E-state index in [1.807, 2.05) is 13.8 Å². The van der Waals surface area contributed by atoms with Gasteiger partial charge in [-0.15, -0.1) is 0 Å². The zero-order chi connectivity index (χ0) is 14.6. The van der Waals surface area contributed by atoms with Gasteiger partial charge >= 0.3 is 0 Å². The monoisotopic (exact) mass is 269 g/mol. The molecular formula is C14H27N3O2. The first kappa shape index (κ1) is 16.1. The van der Waals surface area contributed by atoms with Crippen LogP contribution >= 0.6 is 0 Å². The summed E-state index contributed by atoms with van der Waals surface area (Å²) in [6.45, 7) is 9.78. The molecule has 1 saturated heterocycles. The molecule has 5 nitrogen and oxygen atoms in total. The summed E-state index contributed by atoms with van der Waals surface area (Å²) in [5.74, 6) is -0.111. The van der Waals surface area contributed by atoms with Gasteiger partial charge in [-0.25, -0.2) is 0 Å². The summed E-state index contributed by atoms with van der Waals surface area (Å²) in [7, 11) is 2.05. The first-order chi connectivity index (χ1) is 8.88. The van der Waals surface area contributed by atoms with Crippen molar-refractivity contribution >= 4 is 11.8 Å². The van der Waals surface area contributed by atoms with Crippen LogP contribution < -0.4 is 5.32 Å². The molecule has 2 unspecified atom stereocenters. The molecule has 110 valence electrons. The van der Waals surface area contributed by atoms with Crippen molar-refractivity contribution in [3.05, 3.63) is 0 Å². The lowest BCUT2D eigenvalue weighted by molar-refractivity contribution is -0.141. The fourth-order valence-electron chi connectivity index (χ4n) is 2.13. The van der Waals surface area contributed by atoms with Crippen LogP contribution in [0.1, 0.15) is 40.5 Å². The average Bonchev–Trinajstić information content (AvgIpc) is 2.63. The molecule has 1 rings (SSSR count). The first-order valence-corrected chi connectivity index (χ1v) is 7.18. The number of likely N-dealkylation sites (tertiary alicyclic amines) is 1. The number of nitrogens with one attached hydrogen (secondary N) is 1. The first-order valence-electron chi connectivity index (χ1n) is 7.18. The Balaban J connectivity index is 2.45. The Hall–Kier alpha value is -0.940. The van der Waals surface area contributed by atoms with E-state index in [4.69, 9.17) is 0 Å². The van der Waals surface area contributed by atoms with Gasteiger partial charge in [-0.2, -0.15) is 0 Å². The van der Waals surface area contributed by atoms with Gasteiger partial charge in [0.1, 0.15) is 0 Å². The molecule has 0 bridgehead atoms. The number of hydrogen-bond acceptors (Lipinski definition) is 4. The van der Waals surface area contributed by atoms with Gasteiger partial charge in [0.2, 0.25) is 11.8 Å². The third kappa shape index (κ3) is 4.01. The molecule has 0 spiro atoms. The number of hydrogen-bond donors (Lipinski definition) is 1. The van der Waals surface area contributed by atoms with Crippen LogP contribution in [0, 0.1) is 0 Å². The molecule has 0 aliphatic carbocycles. The minimum Gasteiger partial charge on any atom is -0.304 e. The quantitative estimate of drug-likeness (QED) is 0.696. The van der Waals surface area contributed by atoms with Gasteiger partial charge in [-0.1, -0.05) is 6.92 Å². The van der Waals surface area contributed by atoms with Crippen molar-refractivity contribution in [1.29, 1.82) is 0 Å². The third-order valence-electron chi connectivity index (χ3n) is 3.95. The zero-order valence-corrected chi connectivity index (χ0v) is 12.8. The number of imide groups is 1. The largest absolute Gasteiger partial charge is 0.304 e. The molecule has 1 aliphatic heterocycles. The van der Waals surface area contributed by atoms with Gasteiger partial charge < -0.3 is 10.2 Å². The maximum atomic E-state index is 12.2. The molecule has 5 heteroatoms. The summed E-state index contributed by atoms with van der Waals surface area (Å²) in [5.41, 5.74) is 0. The lowest BCUT2D eigenvalue weighted by Crippen LogP contribution is -2.44. The van der Waals surface area contributed by atoms with E-state index in [1.165, 1.54) is 4.90 Å². The van der Waals surface area contributed by atoms with Crippen LogP contribution in [-0.2, 0) is 9.59 Å². The Kier molecular flexibility index (Phi) is 5.94. The van der Waals surface area contributed by atoms with Gasteiger partial charge in [-0.3, -0.25) is 14.5 Å². The molecular weight excluding hydrogens is 242 g/mol. The van der Waals surface area contributed by atoms with Crippen LogP contribution in [0.5, 0.6) is 0 Å². The molecule has 2 amide bonds. The van der Waals surface area contributed by atoms with Crippen LogP contribution in [0.25, 0.3) is 0 Å². The predicted molar refractivity (Wildman–Crippen MR) is 75.8 cm³/mol. The van der Waals surface area contributed by atoms with Crippen molar-refractivity contribution < 1.29 is 9.59 Å². The molecule has 1 aliphatic rings. The Morgan fingerprint density at radius 2 is 2.00 bits per heavy atom. The summed E-state index contributed by atoms with van der Waals surface area (Å²) in [4.78, 5) is 27.6. The lowest BCUT2D eigenvalue weighted by Gasteiger charge is -2.23. The van der Waals surface area contributed by atoms with Crippen LogP contribution in [0.15, 0.2) is 0 Å². The maximum Gasteiger partial charge on any atom is 0.247 e. The summed E-state index contributed by atoms with van der Waals surface area (Å²) in [5, 5.41) is 3.20. The van der Waals surface area contributed by atoms with Crippen molar-refractivity contribution in [2.75, 3.05) is 20.1 Å². The third-order valence-corrected chi connectivity index (χ3v) is 3.95. The van der Waals surface area contributed by atoms with Crippen molar-refractivity contribution in [2.24, 2.45) is 0 Å². The number of carbonyl (C=O) groups excluding carboxylic acids is 2. The van der Waals surface area contributed by atoms with Gasteiger partial charge in [0.25, 0.3) is 0 Å². The molecule has 0 aromatic heterocycles. The summed E-state index contributed by atoms with van der Waals surface area (Å²) in [6, 6.07) is 0.159. The molecule has 1 heterocycles. The van der Waals surface area contributed by atoms with Gasteiger partial charge in [0, 0.05) is 25.2 Å². The molecule has 1 fully saturated rings. The molecule has 0 aromatic rings. The normalized spacial score (nSPS) is 21.8. The van der Waals surface area contributed by atoms with E-state index < -0.39 is 0 Å². The second-order valence-corrected chi connectivity index (χ2v) is 5.64. The standard InChI is InChI=1S/C14H27N3O2/c1-6-11(4)17-13(18)9-12(14(17)19)15-7-8-16(5)10(2)3/h10-12,15H,6-9H2,1-5H3. The minimum atomic E-state index is -0.331. The Morgan fingerprint density at radius 3 is 2.53 bits per heavy atom. The van der Waals surface area contributed by atoms with Crippen LogP contribution in [-0.4, -0.2) is 59.9 Å². The van der Waals surface area contributed by atoms with Crippen molar-refractivity contribution in [1.82, 2.24) is 15.1 Å².